The average Bonchev–Trinajstić information content (AvgIpc) is 3.22. The molecule has 3 heteroatoms. The van der Waals surface area contributed by atoms with Crippen molar-refractivity contribution < 1.29 is 24.0 Å². The third-order valence-electron chi connectivity index (χ3n) is 7.94. The van der Waals surface area contributed by atoms with Crippen molar-refractivity contribution in [3.63, 3.8) is 0 Å². The Labute approximate surface area is 200 Å². The molecule has 3 aromatic rings. The molecule has 156 valence electrons. The van der Waals surface area contributed by atoms with Gasteiger partial charge in [0.1, 0.15) is 0 Å². The van der Waals surface area contributed by atoms with Crippen LogP contribution in [0.2, 0.25) is 13.1 Å². The molecular formula is C28H33LiOSi. The van der Waals surface area contributed by atoms with E-state index in [1.807, 2.05) is 0 Å². The van der Waals surface area contributed by atoms with E-state index in [2.05, 4.69) is 108 Å². The summed E-state index contributed by atoms with van der Waals surface area (Å²) in [7, 11) is -2.33. The molecule has 1 aliphatic carbocycles. The van der Waals surface area contributed by atoms with Crippen LogP contribution in [0.3, 0.4) is 0 Å². The number of aliphatic hydroxyl groups is 1. The third-order valence-corrected chi connectivity index (χ3v) is 12.3. The fourth-order valence-electron chi connectivity index (χ4n) is 5.60. The molecule has 1 nitrogen and oxygen atoms in total. The van der Waals surface area contributed by atoms with E-state index in [9.17, 15) is 5.11 Å². The van der Waals surface area contributed by atoms with Crippen LogP contribution in [0.1, 0.15) is 51.7 Å². The molecule has 0 saturated carbocycles. The van der Waals surface area contributed by atoms with Gasteiger partial charge in [-0.2, -0.15) is 0 Å². The van der Waals surface area contributed by atoms with E-state index < -0.39 is 13.3 Å². The maximum atomic E-state index is 12.2. The Morgan fingerprint density at radius 1 is 0.839 bits per heavy atom. The van der Waals surface area contributed by atoms with Gasteiger partial charge in [0.2, 0.25) is 0 Å². The number of allylic oxidation sites excluding steroid dienone is 2. The molecule has 0 heterocycles. The van der Waals surface area contributed by atoms with E-state index in [4.69, 9.17) is 0 Å². The number of hydrogen-bond acceptors (Lipinski definition) is 1. The van der Waals surface area contributed by atoms with Gasteiger partial charge in [0.05, 0.1) is 13.3 Å². The molecule has 3 aromatic carbocycles. The van der Waals surface area contributed by atoms with E-state index >= 15 is 0 Å². The second kappa shape index (κ2) is 8.34. The zero-order valence-corrected chi connectivity index (χ0v) is 21.3. The minimum absolute atomic E-state index is 0. The Hall–Kier alpha value is -1.70. The summed E-state index contributed by atoms with van der Waals surface area (Å²) >= 11 is 0. The van der Waals surface area contributed by atoms with Gasteiger partial charge in [-0.15, -0.1) is 45.8 Å². The van der Waals surface area contributed by atoms with Gasteiger partial charge in [-0.05, 0) is 55.9 Å². The van der Waals surface area contributed by atoms with Gasteiger partial charge >= 0.3 is 18.9 Å². The largest absolute Gasteiger partial charge is 1.00 e. The van der Waals surface area contributed by atoms with Gasteiger partial charge in [-0.25, -0.2) is 0 Å². The van der Waals surface area contributed by atoms with Crippen LogP contribution in [0.15, 0.2) is 83.0 Å². The van der Waals surface area contributed by atoms with E-state index in [-0.39, 0.29) is 18.9 Å². The molecule has 1 unspecified atom stereocenters. The minimum Gasteiger partial charge on any atom is -0.385 e. The quantitative estimate of drug-likeness (QED) is 0.505. The molecule has 0 radical (unpaired) electrons. The van der Waals surface area contributed by atoms with E-state index in [1.54, 1.807) is 0 Å². The minimum atomic E-state index is -2.33. The average molecular weight is 421 g/mol. The van der Waals surface area contributed by atoms with Crippen molar-refractivity contribution in [3.8, 4) is 0 Å². The Morgan fingerprint density at radius 2 is 1.35 bits per heavy atom. The SMILES string of the molecule is CC1=C(C)C(O)([Si](C)(C)[c-]2cc(C(C)c3ccccc3)c3ccccc32)C(C)=C1C.[Li+]. The molecule has 1 aliphatic rings. The molecule has 0 aliphatic heterocycles. The molecule has 0 saturated heterocycles. The molecule has 31 heavy (non-hydrogen) atoms. The van der Waals surface area contributed by atoms with Crippen molar-refractivity contribution in [1.29, 1.82) is 0 Å². The number of hydrogen-bond donors (Lipinski definition) is 1. The first-order chi connectivity index (χ1) is 14.1. The predicted octanol–water partition coefficient (Wildman–Crippen LogP) is 3.59. The Morgan fingerprint density at radius 3 is 1.94 bits per heavy atom. The summed E-state index contributed by atoms with van der Waals surface area (Å²) in [6, 6.07) is 21.9. The maximum Gasteiger partial charge on any atom is 1.00 e. The van der Waals surface area contributed by atoms with Crippen LogP contribution in [-0.2, 0) is 0 Å². The Kier molecular flexibility index (Phi) is 6.44. The molecule has 0 aromatic heterocycles. The molecule has 0 fully saturated rings. The Bertz CT molecular complexity index is 1160. The van der Waals surface area contributed by atoms with Gasteiger partial charge in [-0.1, -0.05) is 62.0 Å². The van der Waals surface area contributed by atoms with Crippen LogP contribution in [-0.4, -0.2) is 18.4 Å². The summed E-state index contributed by atoms with van der Waals surface area (Å²) in [6.07, 6.45) is 0. The van der Waals surface area contributed by atoms with Crippen molar-refractivity contribution in [2.45, 2.75) is 58.9 Å². The first kappa shape index (κ1) is 24.0. The first-order valence-electron chi connectivity index (χ1n) is 10.9. The summed E-state index contributed by atoms with van der Waals surface area (Å²) in [5.41, 5.74) is 7.48. The summed E-state index contributed by atoms with van der Waals surface area (Å²) in [5, 5.41) is 15.4. The fourth-order valence-corrected chi connectivity index (χ4v) is 9.64. The summed E-state index contributed by atoms with van der Waals surface area (Å²) in [5.74, 6) is 0.310. The predicted molar refractivity (Wildman–Crippen MR) is 132 cm³/mol. The topological polar surface area (TPSA) is 20.2 Å². The van der Waals surface area contributed by atoms with Crippen LogP contribution in [0.4, 0.5) is 0 Å². The van der Waals surface area contributed by atoms with Crippen LogP contribution < -0.4 is 24.0 Å². The van der Waals surface area contributed by atoms with Gasteiger partial charge in [0.15, 0.2) is 0 Å². The zero-order chi connectivity index (χ0) is 21.8. The van der Waals surface area contributed by atoms with Crippen molar-refractivity contribution in [3.05, 3.63) is 94.1 Å². The first-order valence-corrected chi connectivity index (χ1v) is 13.9. The van der Waals surface area contributed by atoms with E-state index in [0.29, 0.717) is 5.92 Å². The second-order valence-corrected chi connectivity index (χ2v) is 14.0. The summed E-state index contributed by atoms with van der Waals surface area (Å²) in [6.45, 7) is 15.5. The second-order valence-electron chi connectivity index (χ2n) is 9.53. The van der Waals surface area contributed by atoms with E-state index in [1.165, 1.54) is 38.2 Å². The molecule has 4 rings (SSSR count). The zero-order valence-electron chi connectivity index (χ0n) is 20.3. The standard InChI is InChI=1S/C28H33OSi.Li/c1-18-19(2)22(5)28(29,21(18)4)30(6,7)27-17-26(24-15-11-12-16-25(24)27)20(3)23-13-9-8-10-14-23;/h8-17,20,29H,1-7H3;/q-1;+1. The molecule has 0 bridgehead atoms. The summed E-state index contributed by atoms with van der Waals surface area (Å²) < 4.78 is 0. The monoisotopic (exact) mass is 420 g/mol. The molecule has 0 amide bonds. The molecule has 1 atom stereocenters. The number of benzene rings is 2. The van der Waals surface area contributed by atoms with Crippen molar-refractivity contribution in [1.82, 2.24) is 0 Å². The molecule has 1 N–H and O–H groups in total. The normalized spacial score (nSPS) is 17.3. The fraction of sp³-hybridized carbons (Fsp3) is 0.321. The van der Waals surface area contributed by atoms with Crippen molar-refractivity contribution >= 4 is 24.0 Å². The molecule has 0 spiro atoms. The smallest absolute Gasteiger partial charge is 0.385 e. The van der Waals surface area contributed by atoms with Gasteiger partial charge in [0.25, 0.3) is 0 Å². The molecular weight excluding hydrogens is 387 g/mol. The maximum absolute atomic E-state index is 12.2. The van der Waals surface area contributed by atoms with E-state index in [0.717, 1.165) is 11.1 Å². The van der Waals surface area contributed by atoms with Gasteiger partial charge in [-0.3, -0.25) is 0 Å². The van der Waals surface area contributed by atoms with Gasteiger partial charge < -0.3 is 5.11 Å². The number of fused-ring (bicyclic) bond motifs is 1. The van der Waals surface area contributed by atoms with Crippen molar-refractivity contribution in [2.24, 2.45) is 0 Å². The Balaban J connectivity index is 0.00000272. The van der Waals surface area contributed by atoms with Crippen molar-refractivity contribution in [2.75, 3.05) is 0 Å². The van der Waals surface area contributed by atoms with Crippen LogP contribution >= 0.6 is 0 Å². The van der Waals surface area contributed by atoms with Gasteiger partial charge in [0, 0.05) is 0 Å². The van der Waals surface area contributed by atoms with Crippen LogP contribution in [0.5, 0.6) is 0 Å². The summed E-state index contributed by atoms with van der Waals surface area (Å²) in [4.78, 5) is 0. The van der Waals surface area contributed by atoms with Crippen LogP contribution in [0, 0.1) is 0 Å². The van der Waals surface area contributed by atoms with Crippen LogP contribution in [0.25, 0.3) is 10.8 Å². The number of rotatable bonds is 4. The third kappa shape index (κ3) is 3.36.